The molecule has 3 heteroatoms. The number of hydrogen-bond acceptors (Lipinski definition) is 3. The highest BCUT2D eigenvalue weighted by Crippen LogP contribution is 2.22. The molecular weight excluding hydrogens is 152 g/mol. The van der Waals surface area contributed by atoms with E-state index in [1.54, 1.807) is 7.11 Å². The molecule has 0 amide bonds. The Morgan fingerprint density at radius 1 is 1.58 bits per heavy atom. The quantitative estimate of drug-likeness (QED) is 0.711. The zero-order valence-corrected chi connectivity index (χ0v) is 7.08. The van der Waals surface area contributed by atoms with Crippen LogP contribution in [0.15, 0.2) is 18.3 Å². The third-order valence-electron chi connectivity index (χ3n) is 2.19. The average molecular weight is 164 g/mol. The van der Waals surface area contributed by atoms with E-state index in [1.807, 2.05) is 12.3 Å². The summed E-state index contributed by atoms with van der Waals surface area (Å²) in [5.74, 6) is 0.679. The summed E-state index contributed by atoms with van der Waals surface area (Å²) in [5.41, 5.74) is 1.25. The van der Waals surface area contributed by atoms with Gasteiger partial charge in [0.1, 0.15) is 0 Å². The van der Waals surface area contributed by atoms with E-state index < -0.39 is 0 Å². The normalized spacial score (nSPS) is 21.6. The number of rotatable bonds is 2. The van der Waals surface area contributed by atoms with Crippen LogP contribution in [0, 0.1) is 0 Å². The molecule has 12 heavy (non-hydrogen) atoms. The number of nitrogens with zero attached hydrogens (tertiary/aromatic N) is 1. The van der Waals surface area contributed by atoms with Gasteiger partial charge in [-0.2, -0.15) is 0 Å². The van der Waals surface area contributed by atoms with Crippen molar-refractivity contribution in [3.63, 3.8) is 0 Å². The molecule has 0 unspecified atom stereocenters. The van der Waals surface area contributed by atoms with E-state index in [0.29, 0.717) is 11.9 Å². The molecular formula is C9H12N2O. The van der Waals surface area contributed by atoms with Crippen molar-refractivity contribution < 1.29 is 4.74 Å². The summed E-state index contributed by atoms with van der Waals surface area (Å²) in [6.07, 6.45) is 3.09. The first kappa shape index (κ1) is 7.55. The fraction of sp³-hybridized carbons (Fsp3) is 0.444. The molecule has 0 radical (unpaired) electrons. The van der Waals surface area contributed by atoms with Crippen molar-refractivity contribution in [1.29, 1.82) is 0 Å². The molecule has 0 aromatic carbocycles. The number of methoxy groups -OCH3 is 1. The molecule has 0 spiro atoms. The van der Waals surface area contributed by atoms with Gasteiger partial charge in [-0.05, 0) is 18.5 Å². The molecule has 1 saturated heterocycles. The molecule has 1 aliphatic rings. The van der Waals surface area contributed by atoms with Gasteiger partial charge >= 0.3 is 0 Å². The van der Waals surface area contributed by atoms with Crippen LogP contribution in [0.4, 0.5) is 0 Å². The van der Waals surface area contributed by atoms with E-state index >= 15 is 0 Å². The lowest BCUT2D eigenvalue weighted by atomic mass is 10.00. The Morgan fingerprint density at radius 2 is 2.42 bits per heavy atom. The Labute approximate surface area is 71.8 Å². The van der Waals surface area contributed by atoms with Gasteiger partial charge in [0, 0.05) is 18.3 Å². The second kappa shape index (κ2) is 3.11. The summed E-state index contributed by atoms with van der Waals surface area (Å²) < 4.78 is 4.97. The first-order chi connectivity index (χ1) is 5.90. The van der Waals surface area contributed by atoms with E-state index in [2.05, 4.69) is 16.4 Å². The second-order valence-electron chi connectivity index (χ2n) is 2.93. The second-order valence-corrected chi connectivity index (χ2v) is 2.93. The monoisotopic (exact) mass is 164 g/mol. The highest BCUT2D eigenvalue weighted by atomic mass is 16.5. The Hall–Kier alpha value is -1.09. The lowest BCUT2D eigenvalue weighted by molar-refractivity contribution is 0.376. The lowest BCUT2D eigenvalue weighted by Crippen LogP contribution is -2.34. The van der Waals surface area contributed by atoms with Crippen LogP contribution in [-0.2, 0) is 0 Å². The van der Waals surface area contributed by atoms with Gasteiger partial charge in [0.05, 0.1) is 7.11 Å². The van der Waals surface area contributed by atoms with Gasteiger partial charge < -0.3 is 10.1 Å². The van der Waals surface area contributed by atoms with Crippen molar-refractivity contribution in [2.24, 2.45) is 0 Å². The third-order valence-corrected chi connectivity index (χ3v) is 2.19. The van der Waals surface area contributed by atoms with Crippen LogP contribution in [0.5, 0.6) is 5.88 Å². The summed E-state index contributed by atoms with van der Waals surface area (Å²) >= 11 is 0. The Kier molecular flexibility index (Phi) is 1.96. The molecule has 1 aliphatic heterocycles. The predicted octanol–water partition coefficient (Wildman–Crippen LogP) is 1.12. The fourth-order valence-electron chi connectivity index (χ4n) is 1.29. The molecule has 1 atom stereocenters. The van der Waals surface area contributed by atoms with Crippen molar-refractivity contribution in [3.8, 4) is 5.88 Å². The lowest BCUT2D eigenvalue weighted by Gasteiger charge is -2.27. The highest BCUT2D eigenvalue weighted by Gasteiger charge is 2.18. The molecule has 64 valence electrons. The van der Waals surface area contributed by atoms with Gasteiger partial charge in [-0.1, -0.05) is 6.07 Å². The van der Waals surface area contributed by atoms with Crippen molar-refractivity contribution in [2.75, 3.05) is 13.7 Å². The molecule has 2 rings (SSSR count). The summed E-state index contributed by atoms with van der Waals surface area (Å²) in [7, 11) is 1.63. The van der Waals surface area contributed by atoms with Gasteiger partial charge in [0.2, 0.25) is 5.88 Å². The molecule has 1 N–H and O–H groups in total. The Balaban J connectivity index is 2.13. The van der Waals surface area contributed by atoms with E-state index in [1.165, 1.54) is 12.0 Å². The molecule has 1 aromatic rings. The Bertz CT molecular complexity index is 254. The minimum Gasteiger partial charge on any atom is -0.481 e. The molecule has 2 heterocycles. The van der Waals surface area contributed by atoms with E-state index in [4.69, 9.17) is 4.74 Å². The van der Waals surface area contributed by atoms with Crippen LogP contribution >= 0.6 is 0 Å². The SMILES string of the molecule is COc1ccc([C@H]2CCN2)cn1. The molecule has 0 bridgehead atoms. The third kappa shape index (κ3) is 1.28. The van der Waals surface area contributed by atoms with Crippen molar-refractivity contribution in [3.05, 3.63) is 23.9 Å². The molecule has 1 aromatic heterocycles. The topological polar surface area (TPSA) is 34.1 Å². The maximum Gasteiger partial charge on any atom is 0.212 e. The summed E-state index contributed by atoms with van der Waals surface area (Å²) in [6.45, 7) is 1.12. The van der Waals surface area contributed by atoms with Crippen LogP contribution < -0.4 is 10.1 Å². The molecule has 0 aliphatic carbocycles. The van der Waals surface area contributed by atoms with Crippen LogP contribution in [0.3, 0.4) is 0 Å². The van der Waals surface area contributed by atoms with E-state index in [0.717, 1.165) is 6.54 Å². The number of pyridine rings is 1. The summed E-state index contributed by atoms with van der Waals surface area (Å²) in [4.78, 5) is 4.14. The standard InChI is InChI=1S/C9H12N2O/c1-12-9-3-2-7(6-11-9)8-4-5-10-8/h2-3,6,8,10H,4-5H2,1H3/t8-/m1/s1. The molecule has 1 fully saturated rings. The number of aromatic nitrogens is 1. The van der Waals surface area contributed by atoms with Gasteiger partial charge in [-0.25, -0.2) is 4.98 Å². The maximum atomic E-state index is 4.97. The van der Waals surface area contributed by atoms with Crippen molar-refractivity contribution >= 4 is 0 Å². The van der Waals surface area contributed by atoms with Crippen LogP contribution in [0.25, 0.3) is 0 Å². The van der Waals surface area contributed by atoms with Crippen LogP contribution in [0.2, 0.25) is 0 Å². The number of nitrogens with one attached hydrogen (secondary N) is 1. The zero-order valence-electron chi connectivity index (χ0n) is 7.08. The highest BCUT2D eigenvalue weighted by molar-refractivity contribution is 5.22. The van der Waals surface area contributed by atoms with Gasteiger partial charge in [-0.3, -0.25) is 0 Å². The Morgan fingerprint density at radius 3 is 2.83 bits per heavy atom. The number of ether oxygens (including phenoxy) is 1. The average Bonchev–Trinajstić information content (AvgIpc) is 2.03. The minimum atomic E-state index is 0.517. The fourth-order valence-corrected chi connectivity index (χ4v) is 1.29. The van der Waals surface area contributed by atoms with Gasteiger partial charge in [0.15, 0.2) is 0 Å². The largest absolute Gasteiger partial charge is 0.481 e. The predicted molar refractivity (Wildman–Crippen MR) is 46.1 cm³/mol. The van der Waals surface area contributed by atoms with E-state index in [9.17, 15) is 0 Å². The first-order valence-corrected chi connectivity index (χ1v) is 4.13. The molecule has 0 saturated carbocycles. The van der Waals surface area contributed by atoms with Crippen LogP contribution in [-0.4, -0.2) is 18.6 Å². The zero-order chi connectivity index (χ0) is 8.39. The number of hydrogen-bond donors (Lipinski definition) is 1. The summed E-state index contributed by atoms with van der Waals surface area (Å²) in [5, 5.41) is 3.32. The van der Waals surface area contributed by atoms with Gasteiger partial charge in [0.25, 0.3) is 0 Å². The van der Waals surface area contributed by atoms with Gasteiger partial charge in [-0.15, -0.1) is 0 Å². The van der Waals surface area contributed by atoms with E-state index in [-0.39, 0.29) is 0 Å². The first-order valence-electron chi connectivity index (χ1n) is 4.13. The summed E-state index contributed by atoms with van der Waals surface area (Å²) in [6, 6.07) is 4.47. The van der Waals surface area contributed by atoms with Crippen molar-refractivity contribution in [1.82, 2.24) is 10.3 Å². The van der Waals surface area contributed by atoms with Crippen molar-refractivity contribution in [2.45, 2.75) is 12.5 Å². The minimum absolute atomic E-state index is 0.517. The maximum absolute atomic E-state index is 4.97. The smallest absolute Gasteiger partial charge is 0.212 e. The van der Waals surface area contributed by atoms with Crippen LogP contribution in [0.1, 0.15) is 18.0 Å². The molecule has 3 nitrogen and oxygen atoms in total.